The van der Waals surface area contributed by atoms with Gasteiger partial charge in [0.15, 0.2) is 0 Å². The molecular formula is C12H26O2. The van der Waals surface area contributed by atoms with Crippen molar-refractivity contribution in [1.29, 1.82) is 0 Å². The number of hydrogen-bond donors (Lipinski definition) is 1. The van der Waals surface area contributed by atoms with Gasteiger partial charge >= 0.3 is 0 Å². The fraction of sp³-hybridized carbons (Fsp3) is 1.00. The first-order valence-corrected chi connectivity index (χ1v) is 5.80. The summed E-state index contributed by atoms with van der Waals surface area (Å²) in [6, 6.07) is 0. The number of rotatable bonds is 8. The van der Waals surface area contributed by atoms with E-state index in [0.717, 1.165) is 31.6 Å². The second-order valence-corrected chi connectivity index (χ2v) is 4.35. The molecule has 0 saturated heterocycles. The van der Waals surface area contributed by atoms with Crippen molar-refractivity contribution in [2.75, 3.05) is 13.7 Å². The van der Waals surface area contributed by atoms with E-state index in [9.17, 15) is 5.11 Å². The van der Waals surface area contributed by atoms with E-state index < -0.39 is 0 Å². The van der Waals surface area contributed by atoms with Crippen LogP contribution in [-0.2, 0) is 4.74 Å². The molecule has 2 heteroatoms. The van der Waals surface area contributed by atoms with Gasteiger partial charge in [-0.3, -0.25) is 0 Å². The fourth-order valence-corrected chi connectivity index (χ4v) is 1.72. The Morgan fingerprint density at radius 3 is 2.29 bits per heavy atom. The van der Waals surface area contributed by atoms with Gasteiger partial charge < -0.3 is 9.84 Å². The molecule has 0 heterocycles. The Balaban J connectivity index is 4.06. The monoisotopic (exact) mass is 202 g/mol. The molecular weight excluding hydrogens is 176 g/mol. The van der Waals surface area contributed by atoms with Gasteiger partial charge in [0.1, 0.15) is 0 Å². The van der Waals surface area contributed by atoms with Crippen LogP contribution in [0.5, 0.6) is 0 Å². The number of hydrogen-bond acceptors (Lipinski definition) is 2. The third kappa shape index (κ3) is 4.43. The van der Waals surface area contributed by atoms with Crippen LogP contribution in [0.4, 0.5) is 0 Å². The Labute approximate surface area is 88.7 Å². The number of aliphatic hydroxyl groups excluding tert-OH is 1. The minimum absolute atomic E-state index is 0.147. The van der Waals surface area contributed by atoms with Crippen molar-refractivity contribution < 1.29 is 9.84 Å². The Hall–Kier alpha value is -0.0800. The third-order valence-electron chi connectivity index (χ3n) is 3.22. The molecule has 0 aromatic heterocycles. The second-order valence-electron chi connectivity index (χ2n) is 4.35. The molecule has 0 aliphatic rings. The van der Waals surface area contributed by atoms with E-state index >= 15 is 0 Å². The average molecular weight is 202 g/mol. The van der Waals surface area contributed by atoms with E-state index in [1.165, 1.54) is 6.42 Å². The van der Waals surface area contributed by atoms with Gasteiger partial charge in [-0.1, -0.05) is 33.6 Å². The van der Waals surface area contributed by atoms with Crippen LogP contribution < -0.4 is 0 Å². The maximum absolute atomic E-state index is 9.37. The van der Waals surface area contributed by atoms with Crippen LogP contribution in [0.3, 0.4) is 0 Å². The summed E-state index contributed by atoms with van der Waals surface area (Å²) in [5, 5.41) is 9.37. The molecule has 0 aliphatic carbocycles. The second kappa shape index (κ2) is 7.24. The maximum atomic E-state index is 9.37. The highest BCUT2D eigenvalue weighted by Crippen LogP contribution is 2.26. The van der Waals surface area contributed by atoms with Crippen molar-refractivity contribution in [3.8, 4) is 0 Å². The van der Waals surface area contributed by atoms with Gasteiger partial charge in [-0.15, -0.1) is 0 Å². The van der Waals surface area contributed by atoms with Crippen molar-refractivity contribution >= 4 is 0 Å². The maximum Gasteiger partial charge on any atom is 0.0908 e. The van der Waals surface area contributed by atoms with Crippen molar-refractivity contribution in [3.05, 3.63) is 0 Å². The van der Waals surface area contributed by atoms with Crippen LogP contribution in [0.2, 0.25) is 0 Å². The highest BCUT2D eigenvalue weighted by Gasteiger charge is 2.27. The summed E-state index contributed by atoms with van der Waals surface area (Å²) < 4.78 is 5.47. The standard InChI is InChI=1S/C12H26O2/c1-5-8-12(10-13,14-4)9-7-11(3)6-2/h11,13H,5-10H2,1-4H3/t11-,12?/m1/s1. The van der Waals surface area contributed by atoms with Crippen molar-refractivity contribution in [1.82, 2.24) is 0 Å². The van der Waals surface area contributed by atoms with Crippen LogP contribution in [0, 0.1) is 5.92 Å². The summed E-state index contributed by atoms with van der Waals surface area (Å²) in [6.45, 7) is 6.74. The molecule has 0 fully saturated rings. The van der Waals surface area contributed by atoms with Crippen molar-refractivity contribution in [2.24, 2.45) is 5.92 Å². The zero-order chi connectivity index (χ0) is 11.0. The van der Waals surface area contributed by atoms with E-state index in [2.05, 4.69) is 20.8 Å². The predicted octanol–water partition coefficient (Wildman–Crippen LogP) is 2.99. The predicted molar refractivity (Wildman–Crippen MR) is 60.4 cm³/mol. The molecule has 0 aromatic rings. The van der Waals surface area contributed by atoms with E-state index in [0.29, 0.717) is 0 Å². The van der Waals surface area contributed by atoms with Gasteiger partial charge in [0.05, 0.1) is 12.2 Å². The average Bonchev–Trinajstić information content (AvgIpc) is 2.24. The first-order valence-electron chi connectivity index (χ1n) is 5.80. The molecule has 0 aliphatic heterocycles. The van der Waals surface area contributed by atoms with E-state index in [1.807, 2.05) is 0 Å². The zero-order valence-corrected chi connectivity index (χ0v) is 10.2. The molecule has 0 spiro atoms. The first kappa shape index (κ1) is 13.9. The molecule has 0 radical (unpaired) electrons. The van der Waals surface area contributed by atoms with Crippen molar-refractivity contribution in [2.45, 2.75) is 58.5 Å². The summed E-state index contributed by atoms with van der Waals surface area (Å²) >= 11 is 0. The van der Waals surface area contributed by atoms with Crippen LogP contribution in [-0.4, -0.2) is 24.4 Å². The Bertz CT molecular complexity index is 130. The summed E-state index contributed by atoms with van der Waals surface area (Å²) in [6.07, 6.45) is 5.34. The fourth-order valence-electron chi connectivity index (χ4n) is 1.72. The van der Waals surface area contributed by atoms with Gasteiger partial charge in [0.25, 0.3) is 0 Å². The Kier molecular flexibility index (Phi) is 7.20. The highest BCUT2D eigenvalue weighted by atomic mass is 16.5. The molecule has 2 atom stereocenters. The quantitative estimate of drug-likeness (QED) is 0.655. The first-order chi connectivity index (χ1) is 6.64. The third-order valence-corrected chi connectivity index (χ3v) is 3.22. The van der Waals surface area contributed by atoms with Crippen LogP contribution in [0.15, 0.2) is 0 Å². The Morgan fingerprint density at radius 2 is 1.93 bits per heavy atom. The van der Waals surface area contributed by atoms with Gasteiger partial charge in [0, 0.05) is 7.11 Å². The minimum atomic E-state index is -0.280. The highest BCUT2D eigenvalue weighted by molar-refractivity contribution is 4.79. The molecule has 0 aromatic carbocycles. The van der Waals surface area contributed by atoms with Gasteiger partial charge in [-0.25, -0.2) is 0 Å². The summed E-state index contributed by atoms with van der Waals surface area (Å²) in [7, 11) is 1.71. The topological polar surface area (TPSA) is 29.5 Å². The molecule has 1 unspecified atom stereocenters. The lowest BCUT2D eigenvalue weighted by Gasteiger charge is -2.31. The molecule has 0 rings (SSSR count). The Morgan fingerprint density at radius 1 is 1.29 bits per heavy atom. The van der Waals surface area contributed by atoms with Gasteiger partial charge in [-0.2, -0.15) is 0 Å². The molecule has 1 N–H and O–H groups in total. The summed E-state index contributed by atoms with van der Waals surface area (Å²) in [5.41, 5.74) is -0.280. The molecule has 0 amide bonds. The SMILES string of the molecule is CCCC(CO)(CC[C@H](C)CC)OC. The minimum Gasteiger partial charge on any atom is -0.393 e. The van der Waals surface area contributed by atoms with E-state index in [1.54, 1.807) is 7.11 Å². The number of methoxy groups -OCH3 is 1. The molecule has 0 bridgehead atoms. The summed E-state index contributed by atoms with van der Waals surface area (Å²) in [4.78, 5) is 0. The van der Waals surface area contributed by atoms with Crippen molar-refractivity contribution in [3.63, 3.8) is 0 Å². The largest absolute Gasteiger partial charge is 0.393 e. The molecule has 2 nitrogen and oxygen atoms in total. The smallest absolute Gasteiger partial charge is 0.0908 e. The normalized spacial score (nSPS) is 17.8. The lowest BCUT2D eigenvalue weighted by molar-refractivity contribution is -0.0670. The van der Waals surface area contributed by atoms with Crippen LogP contribution >= 0.6 is 0 Å². The van der Waals surface area contributed by atoms with Gasteiger partial charge in [0.2, 0.25) is 0 Å². The van der Waals surface area contributed by atoms with E-state index in [4.69, 9.17) is 4.74 Å². The lowest BCUT2D eigenvalue weighted by Crippen LogP contribution is -2.36. The van der Waals surface area contributed by atoms with Crippen LogP contribution in [0.25, 0.3) is 0 Å². The van der Waals surface area contributed by atoms with Crippen LogP contribution in [0.1, 0.15) is 52.9 Å². The van der Waals surface area contributed by atoms with Gasteiger partial charge in [-0.05, 0) is 25.2 Å². The lowest BCUT2D eigenvalue weighted by atomic mass is 9.89. The summed E-state index contributed by atoms with van der Waals surface area (Å²) in [5.74, 6) is 0.730. The molecule has 86 valence electrons. The molecule has 0 saturated carbocycles. The number of ether oxygens (including phenoxy) is 1. The molecule has 14 heavy (non-hydrogen) atoms. The number of aliphatic hydroxyl groups is 1. The zero-order valence-electron chi connectivity index (χ0n) is 10.2. The van der Waals surface area contributed by atoms with E-state index in [-0.39, 0.29) is 12.2 Å².